The Morgan fingerprint density at radius 1 is 1.00 bits per heavy atom. The molecule has 0 bridgehead atoms. The van der Waals surface area contributed by atoms with Crippen LogP contribution in [0.2, 0.25) is 0 Å². The number of hydrogen-bond donors (Lipinski definition) is 5. The average molecular weight is 373 g/mol. The largest absolute Gasteiger partial charge is 0.462 e. The topological polar surface area (TPSA) is 166 Å². The first kappa shape index (κ1) is 23.6. The molecule has 26 heavy (non-hydrogen) atoms. The van der Waals surface area contributed by atoms with E-state index in [0.29, 0.717) is 6.42 Å². The van der Waals surface area contributed by atoms with E-state index in [1.165, 1.54) is 0 Å². The first-order valence-corrected chi connectivity index (χ1v) is 8.61. The summed E-state index contributed by atoms with van der Waals surface area (Å²) >= 11 is 0. The van der Waals surface area contributed by atoms with Gasteiger partial charge in [-0.25, -0.2) is 4.79 Å². The summed E-state index contributed by atoms with van der Waals surface area (Å²) in [7, 11) is 0. The number of hydrogen-bond acceptors (Lipinski definition) is 6. The van der Waals surface area contributed by atoms with Crippen LogP contribution in [0, 0.1) is 5.92 Å². The highest BCUT2D eigenvalue weighted by Crippen LogP contribution is 2.02. The Balaban J connectivity index is 4.72. The van der Waals surface area contributed by atoms with Crippen molar-refractivity contribution in [2.45, 2.75) is 58.7 Å². The van der Waals surface area contributed by atoms with Crippen LogP contribution in [0.3, 0.4) is 0 Å². The van der Waals surface area contributed by atoms with E-state index in [9.17, 15) is 19.2 Å². The molecule has 0 saturated heterocycles. The van der Waals surface area contributed by atoms with E-state index in [0.717, 1.165) is 0 Å². The summed E-state index contributed by atoms with van der Waals surface area (Å²) in [5.41, 5.74) is 10.8. The molecular formula is C16H31N5O5. The van der Waals surface area contributed by atoms with E-state index < -0.39 is 35.9 Å². The van der Waals surface area contributed by atoms with Gasteiger partial charge in [-0.05, 0) is 32.6 Å². The van der Waals surface area contributed by atoms with Crippen molar-refractivity contribution in [2.24, 2.45) is 17.4 Å². The van der Waals surface area contributed by atoms with Gasteiger partial charge < -0.3 is 32.2 Å². The van der Waals surface area contributed by atoms with Crippen LogP contribution < -0.4 is 27.4 Å². The highest BCUT2D eigenvalue weighted by molar-refractivity contribution is 5.91. The lowest BCUT2D eigenvalue weighted by Crippen LogP contribution is -2.53. The van der Waals surface area contributed by atoms with Gasteiger partial charge >= 0.3 is 12.0 Å². The van der Waals surface area contributed by atoms with Crippen molar-refractivity contribution >= 4 is 23.8 Å². The van der Waals surface area contributed by atoms with Crippen LogP contribution in [0.4, 0.5) is 4.79 Å². The van der Waals surface area contributed by atoms with Crippen molar-refractivity contribution in [1.82, 2.24) is 16.0 Å². The minimum atomic E-state index is -0.895. The molecule has 150 valence electrons. The molecule has 0 aliphatic rings. The molecule has 0 radical (unpaired) electrons. The summed E-state index contributed by atoms with van der Waals surface area (Å²) < 4.78 is 4.93. The number of amides is 4. The zero-order valence-electron chi connectivity index (χ0n) is 15.8. The van der Waals surface area contributed by atoms with Gasteiger partial charge in [-0.2, -0.15) is 0 Å². The number of carbonyl (C=O) groups is 4. The lowest BCUT2D eigenvalue weighted by Gasteiger charge is -2.22. The van der Waals surface area contributed by atoms with Crippen LogP contribution in [0.1, 0.15) is 40.5 Å². The number of rotatable bonds is 11. The number of esters is 1. The zero-order chi connectivity index (χ0) is 20.3. The third-order valence-electron chi connectivity index (χ3n) is 3.40. The fourth-order valence-corrected chi connectivity index (χ4v) is 1.94. The maximum atomic E-state index is 12.3. The van der Waals surface area contributed by atoms with Crippen LogP contribution >= 0.6 is 0 Å². The van der Waals surface area contributed by atoms with Crippen LogP contribution in [-0.4, -0.2) is 55.1 Å². The monoisotopic (exact) mass is 373 g/mol. The van der Waals surface area contributed by atoms with Gasteiger partial charge in [0, 0.05) is 6.54 Å². The molecule has 0 fully saturated rings. The van der Waals surface area contributed by atoms with Crippen molar-refractivity contribution in [3.8, 4) is 0 Å². The smallest absolute Gasteiger partial charge is 0.325 e. The summed E-state index contributed by atoms with van der Waals surface area (Å²) in [6.07, 6.45) is 0.343. The molecule has 7 N–H and O–H groups in total. The number of ether oxygens (including phenoxy) is 1. The summed E-state index contributed by atoms with van der Waals surface area (Å²) in [5, 5.41) is 7.41. The molecule has 0 rings (SSSR count). The Kier molecular flexibility index (Phi) is 11.0. The highest BCUT2D eigenvalue weighted by atomic mass is 16.5. The third kappa shape index (κ3) is 10.5. The molecule has 2 unspecified atom stereocenters. The number of carbonyl (C=O) groups excluding carboxylic acids is 4. The van der Waals surface area contributed by atoms with Gasteiger partial charge in [-0.3, -0.25) is 14.4 Å². The molecule has 0 aliphatic heterocycles. The van der Waals surface area contributed by atoms with E-state index in [-0.39, 0.29) is 31.5 Å². The van der Waals surface area contributed by atoms with Crippen molar-refractivity contribution in [3.05, 3.63) is 0 Å². The van der Waals surface area contributed by atoms with Crippen molar-refractivity contribution in [1.29, 1.82) is 0 Å². The molecule has 0 aliphatic carbocycles. The third-order valence-corrected chi connectivity index (χ3v) is 3.40. The average Bonchev–Trinajstić information content (AvgIpc) is 2.53. The number of urea groups is 1. The van der Waals surface area contributed by atoms with Crippen molar-refractivity contribution in [3.63, 3.8) is 0 Å². The number of nitrogens with one attached hydrogen (secondary N) is 3. The van der Waals surface area contributed by atoms with Gasteiger partial charge in [0.05, 0.1) is 12.1 Å². The van der Waals surface area contributed by atoms with E-state index in [1.54, 1.807) is 27.7 Å². The highest BCUT2D eigenvalue weighted by Gasteiger charge is 2.25. The van der Waals surface area contributed by atoms with Crippen molar-refractivity contribution in [2.75, 3.05) is 13.1 Å². The van der Waals surface area contributed by atoms with Gasteiger partial charge in [-0.1, -0.05) is 13.8 Å². The van der Waals surface area contributed by atoms with Gasteiger partial charge in [0.1, 0.15) is 12.6 Å². The zero-order valence-corrected chi connectivity index (χ0v) is 15.8. The maximum Gasteiger partial charge on any atom is 0.325 e. The second-order valence-electron chi connectivity index (χ2n) is 6.52. The fraction of sp³-hybridized carbons (Fsp3) is 0.750. The lowest BCUT2D eigenvalue weighted by atomic mass is 10.0. The number of primary amides is 1. The Morgan fingerprint density at radius 2 is 1.62 bits per heavy atom. The SMILES string of the molecule is CC(C)OC(=O)CNC(=O)C(CCCNC(N)=O)NC(=O)C(N)C(C)C. The molecular weight excluding hydrogens is 342 g/mol. The van der Waals surface area contributed by atoms with E-state index in [1.807, 2.05) is 0 Å². The van der Waals surface area contributed by atoms with E-state index in [4.69, 9.17) is 16.2 Å². The first-order chi connectivity index (χ1) is 12.0. The van der Waals surface area contributed by atoms with E-state index >= 15 is 0 Å². The van der Waals surface area contributed by atoms with Crippen LogP contribution in [-0.2, 0) is 19.1 Å². The minimum Gasteiger partial charge on any atom is -0.462 e. The first-order valence-electron chi connectivity index (χ1n) is 8.61. The molecule has 0 aromatic carbocycles. The summed E-state index contributed by atoms with van der Waals surface area (Å²) in [6, 6.07) is -2.33. The molecule has 4 amide bonds. The predicted molar refractivity (Wildman–Crippen MR) is 95.8 cm³/mol. The fourth-order valence-electron chi connectivity index (χ4n) is 1.94. The Labute approximate surface area is 153 Å². The standard InChI is InChI=1S/C16H31N5O5/c1-9(2)13(17)15(24)21-11(6-5-7-19-16(18)25)14(23)20-8-12(22)26-10(3)4/h9-11,13H,5-8,17H2,1-4H3,(H,20,23)(H,21,24)(H3,18,19,25). The Bertz CT molecular complexity index is 495. The van der Waals surface area contributed by atoms with Crippen LogP contribution in [0.5, 0.6) is 0 Å². The predicted octanol–water partition coefficient (Wildman–Crippen LogP) is -1.03. The second kappa shape index (κ2) is 12.1. The summed E-state index contributed by atoms with van der Waals surface area (Å²) in [5.74, 6) is -1.68. The van der Waals surface area contributed by atoms with Gasteiger partial charge in [0.2, 0.25) is 11.8 Å². The molecule has 0 spiro atoms. The van der Waals surface area contributed by atoms with E-state index in [2.05, 4.69) is 16.0 Å². The molecule has 10 nitrogen and oxygen atoms in total. The van der Waals surface area contributed by atoms with Crippen LogP contribution in [0.15, 0.2) is 0 Å². The summed E-state index contributed by atoms with van der Waals surface area (Å²) in [4.78, 5) is 46.6. The van der Waals surface area contributed by atoms with Gasteiger partial charge in [-0.15, -0.1) is 0 Å². The Hall–Kier alpha value is -2.36. The molecule has 2 atom stereocenters. The molecule has 0 heterocycles. The Morgan fingerprint density at radius 3 is 2.12 bits per heavy atom. The second-order valence-corrected chi connectivity index (χ2v) is 6.52. The lowest BCUT2D eigenvalue weighted by molar-refractivity contribution is -0.147. The number of nitrogens with two attached hydrogens (primary N) is 2. The van der Waals surface area contributed by atoms with Crippen LogP contribution in [0.25, 0.3) is 0 Å². The molecule has 0 aromatic rings. The molecule has 0 saturated carbocycles. The maximum absolute atomic E-state index is 12.3. The normalized spacial score (nSPS) is 13.0. The molecule has 10 heteroatoms. The van der Waals surface area contributed by atoms with Gasteiger partial charge in [0.15, 0.2) is 0 Å². The van der Waals surface area contributed by atoms with Gasteiger partial charge in [0.25, 0.3) is 0 Å². The van der Waals surface area contributed by atoms with Crippen molar-refractivity contribution < 1.29 is 23.9 Å². The minimum absolute atomic E-state index is 0.101. The quantitative estimate of drug-likeness (QED) is 0.229. The molecule has 0 aromatic heterocycles. The summed E-state index contributed by atoms with van der Waals surface area (Å²) in [6.45, 7) is 6.92.